The third kappa shape index (κ3) is 13.2. The van der Waals surface area contributed by atoms with Crippen molar-refractivity contribution in [3.8, 4) is 0 Å². The predicted octanol–water partition coefficient (Wildman–Crippen LogP) is 2.40. The lowest BCUT2D eigenvalue weighted by atomic mass is 10.0. The molecule has 0 aliphatic rings. The third-order valence-corrected chi connectivity index (χ3v) is 2.04. The van der Waals surface area contributed by atoms with Crippen LogP contribution in [0.2, 0.25) is 0 Å². The van der Waals surface area contributed by atoms with Gasteiger partial charge in [-0.05, 0) is 26.7 Å². The average molecular weight is 320 g/mol. The summed E-state index contributed by atoms with van der Waals surface area (Å²) in [5.74, 6) is -1.89. The van der Waals surface area contributed by atoms with Gasteiger partial charge in [0.25, 0.3) is 0 Å². The smallest absolute Gasteiger partial charge is 0.408 e. The minimum absolute atomic E-state index is 0. The van der Waals surface area contributed by atoms with Crippen LogP contribution in [0.3, 0.4) is 0 Å². The van der Waals surface area contributed by atoms with E-state index >= 15 is 0 Å². The fraction of sp³-hybridized carbons (Fsp3) is 0.800. The summed E-state index contributed by atoms with van der Waals surface area (Å²) in [6.07, 6.45) is -0.711. The molecule has 0 radical (unpaired) electrons. The first-order chi connectivity index (χ1) is 9.53. The Morgan fingerprint density at radius 2 is 1.59 bits per heavy atom. The standard InChI is InChI=1S/C12H22N2O5.C2H6.CH4/c1-7(2)9(10(17)13-6-8(15)16)14-11(18)19-12(3,4)5;1-2;/h7,9H,6H2,1-5H3,(H,13,17)(H,14,18)(H,15,16);1-2H3;1H4. The molecule has 0 fully saturated rings. The number of carboxylic acids is 1. The molecule has 2 amide bonds. The van der Waals surface area contributed by atoms with Gasteiger partial charge in [-0.1, -0.05) is 35.1 Å². The molecule has 0 aromatic carbocycles. The number of hydrogen-bond donors (Lipinski definition) is 3. The van der Waals surface area contributed by atoms with Crippen molar-refractivity contribution in [2.75, 3.05) is 6.54 Å². The van der Waals surface area contributed by atoms with Gasteiger partial charge >= 0.3 is 12.1 Å². The molecule has 7 heteroatoms. The van der Waals surface area contributed by atoms with E-state index < -0.39 is 36.2 Å². The van der Waals surface area contributed by atoms with Crippen LogP contribution in [0, 0.1) is 5.92 Å². The molecule has 132 valence electrons. The van der Waals surface area contributed by atoms with E-state index in [0.717, 1.165) is 0 Å². The largest absolute Gasteiger partial charge is 0.480 e. The van der Waals surface area contributed by atoms with Crippen molar-refractivity contribution in [3.63, 3.8) is 0 Å². The van der Waals surface area contributed by atoms with Crippen molar-refractivity contribution in [2.24, 2.45) is 5.92 Å². The molecule has 3 N–H and O–H groups in total. The molecule has 0 aromatic rings. The van der Waals surface area contributed by atoms with Crippen LogP contribution < -0.4 is 10.6 Å². The topological polar surface area (TPSA) is 105 Å². The van der Waals surface area contributed by atoms with Crippen LogP contribution in [0.4, 0.5) is 4.79 Å². The third-order valence-electron chi connectivity index (χ3n) is 2.04. The molecule has 7 nitrogen and oxygen atoms in total. The van der Waals surface area contributed by atoms with Crippen molar-refractivity contribution < 1.29 is 24.2 Å². The summed E-state index contributed by atoms with van der Waals surface area (Å²) in [6, 6.07) is -0.839. The predicted molar refractivity (Wildman–Crippen MR) is 86.7 cm³/mol. The normalized spacial score (nSPS) is 11.3. The van der Waals surface area contributed by atoms with Gasteiger partial charge in [-0.2, -0.15) is 0 Å². The monoisotopic (exact) mass is 320 g/mol. The first-order valence-electron chi connectivity index (χ1n) is 7.02. The molecule has 0 aromatic heterocycles. The molecule has 1 unspecified atom stereocenters. The maximum Gasteiger partial charge on any atom is 0.408 e. The summed E-state index contributed by atoms with van der Waals surface area (Å²) < 4.78 is 5.05. The van der Waals surface area contributed by atoms with Crippen molar-refractivity contribution in [1.82, 2.24) is 10.6 Å². The van der Waals surface area contributed by atoms with Crippen LogP contribution in [-0.2, 0) is 14.3 Å². The van der Waals surface area contributed by atoms with Gasteiger partial charge < -0.3 is 20.5 Å². The first kappa shape index (κ1) is 25.2. The molecule has 0 saturated heterocycles. The molecule has 22 heavy (non-hydrogen) atoms. The van der Waals surface area contributed by atoms with Crippen LogP contribution in [0.5, 0.6) is 0 Å². The molecule has 0 aliphatic carbocycles. The highest BCUT2D eigenvalue weighted by Crippen LogP contribution is 2.08. The van der Waals surface area contributed by atoms with Gasteiger partial charge in [0.2, 0.25) is 5.91 Å². The number of nitrogens with one attached hydrogen (secondary N) is 2. The van der Waals surface area contributed by atoms with E-state index in [1.54, 1.807) is 34.6 Å². The minimum atomic E-state index is -1.15. The van der Waals surface area contributed by atoms with E-state index in [0.29, 0.717) is 0 Å². The SMILES string of the molecule is C.CC.CC(C)C(NC(=O)OC(C)(C)C)C(=O)NCC(=O)O. The number of ether oxygens (including phenoxy) is 1. The van der Waals surface area contributed by atoms with Crippen LogP contribution >= 0.6 is 0 Å². The lowest BCUT2D eigenvalue weighted by molar-refractivity contribution is -0.138. The number of carbonyl (C=O) groups excluding carboxylic acids is 2. The Balaban J connectivity index is -0.00000115. The number of alkyl carbamates (subject to hydrolysis) is 1. The lowest BCUT2D eigenvalue weighted by Crippen LogP contribution is -2.51. The lowest BCUT2D eigenvalue weighted by Gasteiger charge is -2.24. The molecule has 0 bridgehead atoms. The van der Waals surface area contributed by atoms with E-state index in [4.69, 9.17) is 9.84 Å². The number of rotatable bonds is 5. The molecule has 1 atom stereocenters. The fourth-order valence-corrected chi connectivity index (χ4v) is 1.24. The highest BCUT2D eigenvalue weighted by atomic mass is 16.6. The minimum Gasteiger partial charge on any atom is -0.480 e. The van der Waals surface area contributed by atoms with Crippen LogP contribution in [0.1, 0.15) is 55.9 Å². The number of aliphatic carboxylic acids is 1. The van der Waals surface area contributed by atoms with E-state index in [-0.39, 0.29) is 13.3 Å². The van der Waals surface area contributed by atoms with Crippen LogP contribution in [0.15, 0.2) is 0 Å². The zero-order valence-electron chi connectivity index (χ0n) is 13.9. The Morgan fingerprint density at radius 1 is 1.14 bits per heavy atom. The summed E-state index contributed by atoms with van der Waals surface area (Å²) in [4.78, 5) is 33.7. The Bertz CT molecular complexity index is 348. The number of hydrogen-bond acceptors (Lipinski definition) is 4. The Morgan fingerprint density at radius 3 is 1.91 bits per heavy atom. The second-order valence-corrected chi connectivity index (χ2v) is 5.48. The van der Waals surface area contributed by atoms with Gasteiger partial charge in [0.05, 0.1) is 0 Å². The maximum atomic E-state index is 11.7. The first-order valence-corrected chi connectivity index (χ1v) is 7.02. The molecular formula is C15H32N2O5. The molecule has 0 saturated carbocycles. The number of carbonyl (C=O) groups is 3. The molecular weight excluding hydrogens is 288 g/mol. The van der Waals surface area contributed by atoms with Gasteiger partial charge in [-0.15, -0.1) is 0 Å². The molecule has 0 aliphatic heterocycles. The summed E-state index contributed by atoms with van der Waals surface area (Å²) in [6.45, 7) is 12.1. The van der Waals surface area contributed by atoms with Gasteiger partial charge in [0.15, 0.2) is 0 Å². The van der Waals surface area contributed by atoms with Gasteiger partial charge in [0.1, 0.15) is 18.2 Å². The molecule has 0 heterocycles. The Kier molecular flexibility index (Phi) is 13.5. The van der Waals surface area contributed by atoms with Crippen LogP contribution in [0.25, 0.3) is 0 Å². The number of amides is 2. The average Bonchev–Trinajstić information content (AvgIpc) is 2.33. The second-order valence-electron chi connectivity index (χ2n) is 5.48. The second kappa shape index (κ2) is 11.8. The fourth-order valence-electron chi connectivity index (χ4n) is 1.24. The molecule has 0 rings (SSSR count). The highest BCUT2D eigenvalue weighted by Gasteiger charge is 2.26. The zero-order chi connectivity index (χ0) is 17.2. The van der Waals surface area contributed by atoms with Gasteiger partial charge in [0, 0.05) is 0 Å². The van der Waals surface area contributed by atoms with Gasteiger partial charge in [-0.3, -0.25) is 9.59 Å². The summed E-state index contributed by atoms with van der Waals surface area (Å²) in [7, 11) is 0. The van der Waals surface area contributed by atoms with E-state index in [1.807, 2.05) is 13.8 Å². The van der Waals surface area contributed by atoms with E-state index in [2.05, 4.69) is 10.6 Å². The summed E-state index contributed by atoms with van der Waals surface area (Å²) in [5, 5.41) is 13.1. The van der Waals surface area contributed by atoms with E-state index in [9.17, 15) is 14.4 Å². The maximum absolute atomic E-state index is 11.7. The molecule has 0 spiro atoms. The van der Waals surface area contributed by atoms with Gasteiger partial charge in [-0.25, -0.2) is 4.79 Å². The Labute approximate surface area is 133 Å². The quantitative estimate of drug-likeness (QED) is 0.721. The highest BCUT2D eigenvalue weighted by molar-refractivity contribution is 5.88. The van der Waals surface area contributed by atoms with Crippen LogP contribution in [-0.4, -0.2) is 41.3 Å². The van der Waals surface area contributed by atoms with Crippen molar-refractivity contribution in [1.29, 1.82) is 0 Å². The summed E-state index contributed by atoms with van der Waals surface area (Å²) in [5.41, 5.74) is -0.664. The van der Waals surface area contributed by atoms with Crippen molar-refractivity contribution in [3.05, 3.63) is 0 Å². The van der Waals surface area contributed by atoms with E-state index in [1.165, 1.54) is 0 Å². The summed E-state index contributed by atoms with van der Waals surface area (Å²) >= 11 is 0. The van der Waals surface area contributed by atoms with Crippen molar-refractivity contribution in [2.45, 2.75) is 67.5 Å². The zero-order valence-corrected chi connectivity index (χ0v) is 13.9. The Hall–Kier alpha value is -1.79. The number of carboxylic acid groups (broad SMARTS) is 1. The van der Waals surface area contributed by atoms with Crippen molar-refractivity contribution >= 4 is 18.0 Å².